The van der Waals surface area contributed by atoms with E-state index < -0.39 is 29.7 Å². The van der Waals surface area contributed by atoms with E-state index in [1.54, 1.807) is 12.4 Å². The molecule has 2 saturated carbocycles. The molecule has 0 radical (unpaired) electrons. The lowest BCUT2D eigenvalue weighted by atomic mass is 9.83. The molecule has 2 fully saturated rings. The molecule has 8 rings (SSSR count). The van der Waals surface area contributed by atoms with Crippen molar-refractivity contribution >= 4 is 33.4 Å². The predicted octanol–water partition coefficient (Wildman–Crippen LogP) is 12.1. The van der Waals surface area contributed by atoms with Crippen molar-refractivity contribution in [3.05, 3.63) is 96.8 Å². The molecule has 1 unspecified atom stereocenters. The van der Waals surface area contributed by atoms with Crippen LogP contribution < -0.4 is 10.6 Å². The Morgan fingerprint density at radius 3 is 1.41 bits per heavy atom. The zero-order valence-electron chi connectivity index (χ0n) is 35.3. The van der Waals surface area contributed by atoms with Crippen LogP contribution >= 0.6 is 0 Å². The number of H-pyrrole nitrogens is 2. The lowest BCUT2D eigenvalue weighted by molar-refractivity contribution is -0.131. The molecule has 2 heterocycles. The van der Waals surface area contributed by atoms with Crippen molar-refractivity contribution in [1.29, 1.82) is 0 Å². The van der Waals surface area contributed by atoms with Crippen LogP contribution in [0.2, 0.25) is 0 Å². The van der Waals surface area contributed by atoms with Gasteiger partial charge in [-0.2, -0.15) is 0 Å². The monoisotopic (exact) mass is 834 g/mol. The van der Waals surface area contributed by atoms with E-state index in [0.717, 1.165) is 55.2 Å². The summed E-state index contributed by atoms with van der Waals surface area (Å²) in [5, 5.41) is 10.5. The summed E-state index contributed by atoms with van der Waals surface area (Å²) in [6, 6.07) is 24.5. The number of aromatic nitrogens is 4. The Bertz CT molecular complexity index is 2550. The van der Waals surface area contributed by atoms with Crippen molar-refractivity contribution in [2.75, 3.05) is 0 Å². The second-order valence-corrected chi connectivity index (χ2v) is 18.7. The van der Waals surface area contributed by atoms with Crippen LogP contribution in [0.3, 0.4) is 0 Å². The Balaban J connectivity index is 0.949. The fourth-order valence-electron chi connectivity index (χ4n) is 8.84. The summed E-state index contributed by atoms with van der Waals surface area (Å²) in [5.74, 6) is -5.32. The number of hydrogen-bond donors (Lipinski definition) is 4. The van der Waals surface area contributed by atoms with Gasteiger partial charge in [0.05, 0.1) is 35.9 Å². The smallest absolute Gasteiger partial charge is 0.248 e. The number of benzene rings is 4. The quantitative estimate of drug-likeness (QED) is 0.103. The van der Waals surface area contributed by atoms with E-state index in [-0.39, 0.29) is 80.6 Å². The second kappa shape index (κ2) is 16.4. The number of nitrogens with zero attached hydrogens (tertiary/aromatic N) is 2. The van der Waals surface area contributed by atoms with E-state index in [4.69, 9.17) is 0 Å². The molecular formula is C49H54F4N6O2. The van der Waals surface area contributed by atoms with E-state index in [0.29, 0.717) is 11.6 Å². The number of rotatable bonds is 10. The number of nitrogens with one attached hydrogen (secondary N) is 4. The molecule has 6 aromatic rings. The summed E-state index contributed by atoms with van der Waals surface area (Å²) in [5.41, 5.74) is 5.36. The Morgan fingerprint density at radius 1 is 0.607 bits per heavy atom. The maximum Gasteiger partial charge on any atom is 0.248 e. The van der Waals surface area contributed by atoms with Gasteiger partial charge in [0.1, 0.15) is 11.6 Å². The number of fused-ring (bicyclic) bond motifs is 2. The minimum absolute atomic E-state index is 0.0372. The van der Waals surface area contributed by atoms with E-state index in [1.165, 1.54) is 0 Å². The maximum atomic E-state index is 13.8. The van der Waals surface area contributed by atoms with Gasteiger partial charge in [-0.25, -0.2) is 27.5 Å². The van der Waals surface area contributed by atoms with Crippen LogP contribution in [0.4, 0.5) is 17.6 Å². The molecule has 2 aliphatic rings. The molecular weight excluding hydrogens is 781 g/mol. The van der Waals surface area contributed by atoms with Crippen LogP contribution in [0.15, 0.2) is 85.2 Å². The van der Waals surface area contributed by atoms with Gasteiger partial charge in [-0.05, 0) is 94.0 Å². The molecule has 320 valence electrons. The zero-order valence-corrected chi connectivity index (χ0v) is 35.3. The van der Waals surface area contributed by atoms with Gasteiger partial charge in [-0.15, -0.1) is 0 Å². The molecule has 0 spiro atoms. The summed E-state index contributed by atoms with van der Waals surface area (Å²) in [6.45, 7) is 10.1. The average Bonchev–Trinajstić information content (AvgIpc) is 3.92. The molecule has 4 N–H and O–H groups in total. The van der Waals surface area contributed by atoms with Gasteiger partial charge in [0.25, 0.3) is 0 Å². The van der Waals surface area contributed by atoms with E-state index >= 15 is 0 Å². The van der Waals surface area contributed by atoms with E-state index in [1.807, 2.05) is 34.6 Å². The van der Waals surface area contributed by atoms with Crippen LogP contribution in [0.5, 0.6) is 0 Å². The number of halogens is 4. The summed E-state index contributed by atoms with van der Waals surface area (Å²) in [6.07, 6.45) is 3.24. The number of aromatic amines is 2. The zero-order chi connectivity index (χ0) is 43.3. The number of carbonyl (C=O) groups excluding carboxylic acids is 2. The van der Waals surface area contributed by atoms with Gasteiger partial charge >= 0.3 is 0 Å². The largest absolute Gasteiger partial charge is 0.346 e. The first-order valence-corrected chi connectivity index (χ1v) is 21.5. The molecule has 0 saturated heterocycles. The third-order valence-electron chi connectivity index (χ3n) is 12.7. The van der Waals surface area contributed by atoms with Crippen LogP contribution in [0, 0.1) is 23.2 Å². The van der Waals surface area contributed by atoms with Gasteiger partial charge < -0.3 is 20.6 Å². The van der Waals surface area contributed by atoms with Crippen molar-refractivity contribution in [3.63, 3.8) is 0 Å². The number of amides is 2. The SMILES string of the molecule is CC(C)C(NC(=O)C1CCC(F)(F)CC1)c1ncc(-c2ccc3cc(-c4ccc5cc(-c6cnc([C@@H](NC(=O)C7CCC(F)(F)CC7)C(C)(C)C)[nH]6)ccc5c4)ccc3c2)[nH]1. The molecule has 2 atom stereocenters. The Morgan fingerprint density at radius 2 is 0.984 bits per heavy atom. The van der Waals surface area contributed by atoms with Crippen molar-refractivity contribution < 1.29 is 27.2 Å². The topological polar surface area (TPSA) is 116 Å². The standard InChI is InChI=1S/C49H54F4N6O2/c1-28(2)41(58-45(60)29-14-18-48(50,51)19-15-29)43-54-26-39(56-43)37-12-10-33-22-31(6-8-35(33)24-37)32-7-9-36-25-38(13-11-34(36)23-32)40-27-55-44(57-40)42(47(3,4)5)59-46(61)30-16-20-49(52,53)21-17-30/h6-13,22-30,41-42H,14-21H2,1-5H3,(H,54,56)(H,55,57)(H,58,60)(H,59,61)/t41?,42-/m1/s1. The molecule has 12 heteroatoms. The molecule has 2 aromatic heterocycles. The highest BCUT2D eigenvalue weighted by Gasteiger charge is 2.40. The van der Waals surface area contributed by atoms with Gasteiger partial charge in [0.15, 0.2) is 0 Å². The minimum atomic E-state index is -2.69. The number of alkyl halides is 4. The highest BCUT2D eigenvalue weighted by molar-refractivity contribution is 5.94. The number of imidazole rings is 2. The predicted molar refractivity (Wildman–Crippen MR) is 232 cm³/mol. The van der Waals surface area contributed by atoms with Gasteiger partial charge in [0, 0.05) is 48.6 Å². The lowest BCUT2D eigenvalue weighted by Crippen LogP contribution is -2.42. The fourth-order valence-corrected chi connectivity index (χ4v) is 8.84. The molecule has 4 aromatic carbocycles. The van der Waals surface area contributed by atoms with Crippen LogP contribution in [-0.2, 0) is 9.59 Å². The molecule has 2 aliphatic carbocycles. The van der Waals surface area contributed by atoms with E-state index in [9.17, 15) is 27.2 Å². The first-order valence-electron chi connectivity index (χ1n) is 21.5. The number of hydrogen-bond acceptors (Lipinski definition) is 4. The summed E-state index contributed by atoms with van der Waals surface area (Å²) in [7, 11) is 0. The molecule has 0 bridgehead atoms. The van der Waals surface area contributed by atoms with E-state index in [2.05, 4.69) is 103 Å². The Kier molecular flexibility index (Phi) is 11.3. The molecule has 8 nitrogen and oxygen atoms in total. The van der Waals surface area contributed by atoms with Crippen molar-refractivity contribution in [3.8, 4) is 33.6 Å². The van der Waals surface area contributed by atoms with Crippen molar-refractivity contribution in [2.24, 2.45) is 23.2 Å². The number of carbonyl (C=O) groups is 2. The lowest BCUT2D eigenvalue weighted by Gasteiger charge is -2.33. The van der Waals surface area contributed by atoms with Crippen LogP contribution in [-0.4, -0.2) is 43.6 Å². The summed E-state index contributed by atoms with van der Waals surface area (Å²) >= 11 is 0. The Hall–Kier alpha value is -5.52. The van der Waals surface area contributed by atoms with Gasteiger partial charge in [-0.1, -0.05) is 83.1 Å². The third kappa shape index (κ3) is 9.38. The maximum absolute atomic E-state index is 13.8. The normalized spacial score (nSPS) is 18.3. The summed E-state index contributed by atoms with van der Waals surface area (Å²) < 4.78 is 54.9. The Labute approximate surface area is 353 Å². The van der Waals surface area contributed by atoms with Crippen LogP contribution in [0.25, 0.3) is 55.2 Å². The highest BCUT2D eigenvalue weighted by atomic mass is 19.3. The highest BCUT2D eigenvalue weighted by Crippen LogP contribution is 2.40. The van der Waals surface area contributed by atoms with Gasteiger partial charge in [0.2, 0.25) is 23.7 Å². The fraction of sp³-hybridized carbons (Fsp3) is 0.429. The molecule has 61 heavy (non-hydrogen) atoms. The molecule has 0 aliphatic heterocycles. The van der Waals surface area contributed by atoms with Crippen molar-refractivity contribution in [1.82, 2.24) is 30.6 Å². The first-order chi connectivity index (χ1) is 28.9. The van der Waals surface area contributed by atoms with Gasteiger partial charge in [-0.3, -0.25) is 9.59 Å². The minimum Gasteiger partial charge on any atom is -0.346 e. The second-order valence-electron chi connectivity index (χ2n) is 18.7. The average molecular weight is 835 g/mol. The van der Waals surface area contributed by atoms with Crippen LogP contribution in [0.1, 0.15) is 110 Å². The third-order valence-corrected chi connectivity index (χ3v) is 12.7. The first kappa shape index (κ1) is 42.2. The summed E-state index contributed by atoms with van der Waals surface area (Å²) in [4.78, 5) is 42.4. The molecule has 2 amide bonds. The van der Waals surface area contributed by atoms with Crippen molar-refractivity contribution in [2.45, 2.75) is 110 Å².